The molecule has 3 atom stereocenters. The lowest BCUT2D eigenvalue weighted by atomic mass is 9.81. The minimum atomic E-state index is 0.173. The van der Waals surface area contributed by atoms with Crippen LogP contribution in [0.4, 0.5) is 0 Å². The molecule has 0 spiro atoms. The summed E-state index contributed by atoms with van der Waals surface area (Å²) in [5, 5.41) is 3.45. The van der Waals surface area contributed by atoms with Crippen LogP contribution in [0.25, 0.3) is 0 Å². The van der Waals surface area contributed by atoms with E-state index in [1.54, 1.807) is 0 Å². The zero-order chi connectivity index (χ0) is 15.2. The molecule has 0 aromatic heterocycles. The predicted octanol–water partition coefficient (Wildman–Crippen LogP) is 4.49. The molecule has 1 fully saturated rings. The highest BCUT2D eigenvalue weighted by Crippen LogP contribution is 2.33. The molecule has 0 heterocycles. The molecule has 2 heteroatoms. The van der Waals surface area contributed by atoms with E-state index < -0.39 is 0 Å². The van der Waals surface area contributed by atoms with E-state index in [1.165, 1.54) is 30.4 Å². The molecule has 1 aliphatic rings. The van der Waals surface area contributed by atoms with Gasteiger partial charge in [0.15, 0.2) is 0 Å². The first kappa shape index (κ1) is 16.5. The summed E-state index contributed by atoms with van der Waals surface area (Å²) in [6.45, 7) is 10.9. The number of nitrogens with one attached hydrogen (secondary N) is 1. The fourth-order valence-corrected chi connectivity index (χ4v) is 3.61. The van der Waals surface area contributed by atoms with Crippen molar-refractivity contribution in [2.75, 3.05) is 13.1 Å². The fraction of sp³-hybridized carbons (Fsp3) is 0.684. The van der Waals surface area contributed by atoms with Crippen LogP contribution in [-0.4, -0.2) is 19.2 Å². The highest BCUT2D eigenvalue weighted by Gasteiger charge is 2.27. The largest absolute Gasteiger partial charge is 0.369 e. The summed E-state index contributed by atoms with van der Waals surface area (Å²) in [5.74, 6) is 1.58. The van der Waals surface area contributed by atoms with Crippen LogP contribution in [0.2, 0.25) is 0 Å². The molecule has 2 rings (SSSR count). The number of rotatable bonds is 6. The monoisotopic (exact) mass is 289 g/mol. The Morgan fingerprint density at radius 1 is 1.19 bits per heavy atom. The van der Waals surface area contributed by atoms with Gasteiger partial charge in [0, 0.05) is 6.54 Å². The van der Waals surface area contributed by atoms with Gasteiger partial charge >= 0.3 is 0 Å². The average Bonchev–Trinajstić information content (AvgIpc) is 2.42. The molecule has 0 amide bonds. The smallest absolute Gasteiger partial charge is 0.0953 e. The number of hydrogen-bond donors (Lipinski definition) is 1. The number of ether oxygens (including phenoxy) is 1. The topological polar surface area (TPSA) is 21.3 Å². The lowest BCUT2D eigenvalue weighted by Gasteiger charge is -2.34. The molecule has 0 radical (unpaired) electrons. The van der Waals surface area contributed by atoms with E-state index in [4.69, 9.17) is 4.74 Å². The van der Waals surface area contributed by atoms with Gasteiger partial charge in [-0.2, -0.15) is 0 Å². The van der Waals surface area contributed by atoms with Crippen LogP contribution in [0.1, 0.15) is 57.3 Å². The van der Waals surface area contributed by atoms with E-state index in [0.29, 0.717) is 6.10 Å². The lowest BCUT2D eigenvalue weighted by Crippen LogP contribution is -2.31. The first-order valence-electron chi connectivity index (χ1n) is 8.51. The van der Waals surface area contributed by atoms with Crippen molar-refractivity contribution in [1.29, 1.82) is 0 Å². The van der Waals surface area contributed by atoms with Crippen molar-refractivity contribution in [3.63, 3.8) is 0 Å². The maximum atomic E-state index is 6.51. The fourth-order valence-electron chi connectivity index (χ4n) is 3.61. The number of hydrogen-bond acceptors (Lipinski definition) is 2. The standard InChI is InChI=1S/C19H31NO/c1-5-20-13-19(17-8-6-7-14(2)10-17)21-18-11-15(3)9-16(4)12-18/h6-8,10,15-16,18-20H,5,9,11-13H2,1-4H3. The van der Waals surface area contributed by atoms with Crippen LogP contribution in [0, 0.1) is 18.8 Å². The van der Waals surface area contributed by atoms with Gasteiger partial charge in [-0.3, -0.25) is 0 Å². The second kappa shape index (κ2) is 7.95. The van der Waals surface area contributed by atoms with Crippen molar-refractivity contribution >= 4 is 0 Å². The summed E-state index contributed by atoms with van der Waals surface area (Å²) < 4.78 is 6.51. The average molecular weight is 289 g/mol. The van der Waals surface area contributed by atoms with Crippen LogP contribution in [0.5, 0.6) is 0 Å². The van der Waals surface area contributed by atoms with Gasteiger partial charge < -0.3 is 10.1 Å². The van der Waals surface area contributed by atoms with Crippen molar-refractivity contribution in [3.05, 3.63) is 35.4 Å². The van der Waals surface area contributed by atoms with Crippen LogP contribution in [0.15, 0.2) is 24.3 Å². The molecule has 2 nitrogen and oxygen atoms in total. The van der Waals surface area contributed by atoms with Gasteiger partial charge in [-0.25, -0.2) is 0 Å². The number of benzene rings is 1. The van der Waals surface area contributed by atoms with Crippen LogP contribution < -0.4 is 5.32 Å². The van der Waals surface area contributed by atoms with Gasteiger partial charge in [0.1, 0.15) is 0 Å². The Labute approximate surface area is 130 Å². The summed E-state index contributed by atoms with van der Waals surface area (Å²) in [5.41, 5.74) is 2.62. The molecule has 1 aromatic rings. The zero-order valence-electron chi connectivity index (χ0n) is 14.1. The second-order valence-corrected chi connectivity index (χ2v) is 6.89. The molecular weight excluding hydrogens is 258 g/mol. The van der Waals surface area contributed by atoms with Gasteiger partial charge in [0.25, 0.3) is 0 Å². The van der Waals surface area contributed by atoms with Crippen LogP contribution >= 0.6 is 0 Å². The Balaban J connectivity index is 2.05. The van der Waals surface area contributed by atoms with Crippen LogP contribution in [-0.2, 0) is 4.74 Å². The molecule has 1 N–H and O–H groups in total. The van der Waals surface area contributed by atoms with E-state index in [1.807, 2.05) is 0 Å². The van der Waals surface area contributed by atoms with E-state index in [-0.39, 0.29) is 6.10 Å². The van der Waals surface area contributed by atoms with Crippen molar-refractivity contribution in [2.45, 2.75) is 59.2 Å². The Kier molecular flexibility index (Phi) is 6.25. The molecule has 118 valence electrons. The Morgan fingerprint density at radius 2 is 1.90 bits per heavy atom. The van der Waals surface area contributed by atoms with Gasteiger partial charge in [-0.1, -0.05) is 50.6 Å². The molecular formula is C19H31NO. The zero-order valence-corrected chi connectivity index (χ0v) is 14.1. The van der Waals surface area contributed by atoms with Crippen LogP contribution in [0.3, 0.4) is 0 Å². The Morgan fingerprint density at radius 3 is 2.52 bits per heavy atom. The molecule has 1 aromatic carbocycles. The highest BCUT2D eigenvalue weighted by atomic mass is 16.5. The third-order valence-electron chi connectivity index (χ3n) is 4.49. The SMILES string of the molecule is CCNCC(OC1CC(C)CC(C)C1)c1cccc(C)c1. The minimum Gasteiger partial charge on any atom is -0.369 e. The third kappa shape index (κ3) is 5.12. The molecule has 21 heavy (non-hydrogen) atoms. The molecule has 1 saturated carbocycles. The van der Waals surface area contributed by atoms with E-state index in [0.717, 1.165) is 24.9 Å². The molecule has 1 aliphatic carbocycles. The maximum absolute atomic E-state index is 6.51. The molecule has 0 aliphatic heterocycles. The Bertz CT molecular complexity index is 421. The van der Waals surface area contributed by atoms with E-state index >= 15 is 0 Å². The summed E-state index contributed by atoms with van der Waals surface area (Å²) in [7, 11) is 0. The molecule has 0 saturated heterocycles. The van der Waals surface area contributed by atoms with Gasteiger partial charge in [-0.15, -0.1) is 0 Å². The van der Waals surface area contributed by atoms with Crippen molar-refractivity contribution in [1.82, 2.24) is 5.32 Å². The quantitative estimate of drug-likeness (QED) is 0.833. The van der Waals surface area contributed by atoms with Crippen molar-refractivity contribution < 1.29 is 4.74 Å². The third-order valence-corrected chi connectivity index (χ3v) is 4.49. The minimum absolute atomic E-state index is 0.173. The highest BCUT2D eigenvalue weighted by molar-refractivity contribution is 5.24. The number of likely N-dealkylation sites (N-methyl/N-ethyl adjacent to an activating group) is 1. The first-order valence-corrected chi connectivity index (χ1v) is 8.51. The molecule has 0 bridgehead atoms. The van der Waals surface area contributed by atoms with E-state index in [2.05, 4.69) is 57.3 Å². The van der Waals surface area contributed by atoms with E-state index in [9.17, 15) is 0 Å². The molecule has 3 unspecified atom stereocenters. The first-order chi connectivity index (χ1) is 10.1. The van der Waals surface area contributed by atoms with Crippen molar-refractivity contribution in [2.24, 2.45) is 11.8 Å². The summed E-state index contributed by atoms with van der Waals surface area (Å²) >= 11 is 0. The summed E-state index contributed by atoms with van der Waals surface area (Å²) in [6.07, 6.45) is 4.35. The van der Waals surface area contributed by atoms with Gasteiger partial charge in [0.05, 0.1) is 12.2 Å². The van der Waals surface area contributed by atoms with Crippen molar-refractivity contribution in [3.8, 4) is 0 Å². The number of aryl methyl sites for hydroxylation is 1. The van der Waals surface area contributed by atoms with Gasteiger partial charge in [0.2, 0.25) is 0 Å². The van der Waals surface area contributed by atoms with Gasteiger partial charge in [-0.05, 0) is 50.1 Å². The summed E-state index contributed by atoms with van der Waals surface area (Å²) in [6, 6.07) is 8.75. The Hall–Kier alpha value is -0.860. The lowest BCUT2D eigenvalue weighted by molar-refractivity contribution is -0.0495. The normalized spacial score (nSPS) is 27.5. The summed E-state index contributed by atoms with van der Waals surface area (Å²) in [4.78, 5) is 0. The maximum Gasteiger partial charge on any atom is 0.0953 e. The predicted molar refractivity (Wildman–Crippen MR) is 89.5 cm³/mol. The second-order valence-electron chi connectivity index (χ2n) is 6.89.